The quantitative estimate of drug-likeness (QED) is 0.444. The first kappa shape index (κ1) is 7.76. The summed E-state index contributed by atoms with van der Waals surface area (Å²) in [5, 5.41) is 0. The fraction of sp³-hybridized carbons (Fsp3) is 0.833. The molecule has 0 aromatic rings. The Morgan fingerprint density at radius 3 is 2.40 bits per heavy atom. The van der Waals surface area contributed by atoms with Crippen LogP contribution in [0.5, 0.6) is 0 Å². The lowest BCUT2D eigenvalue weighted by Crippen LogP contribution is -2.40. The summed E-state index contributed by atoms with van der Waals surface area (Å²) in [4.78, 5) is 14.4. The van der Waals surface area contributed by atoms with Gasteiger partial charge in [-0.15, -0.1) is 0 Å². The van der Waals surface area contributed by atoms with Crippen molar-refractivity contribution in [3.8, 4) is 0 Å². The molecule has 1 heterocycles. The Kier molecular flexibility index (Phi) is 2.11. The molecule has 1 fully saturated rings. The molecule has 0 aromatic carbocycles. The maximum atomic E-state index is 10.9. The SMILES string of the molecule is [B]N1CCN(C)C1C(C)=O. The molecule has 0 aliphatic carbocycles. The first-order valence-electron chi connectivity index (χ1n) is 3.35. The van der Waals surface area contributed by atoms with Crippen molar-refractivity contribution >= 4 is 13.8 Å². The smallest absolute Gasteiger partial charge is 0.185 e. The molecule has 1 atom stereocenters. The minimum atomic E-state index is -0.194. The largest absolute Gasteiger partial charge is 0.332 e. The van der Waals surface area contributed by atoms with E-state index in [9.17, 15) is 4.79 Å². The van der Waals surface area contributed by atoms with Gasteiger partial charge in [-0.2, -0.15) is 0 Å². The number of hydrogen-bond donors (Lipinski definition) is 0. The van der Waals surface area contributed by atoms with Gasteiger partial charge >= 0.3 is 0 Å². The molecule has 1 aliphatic heterocycles. The first-order chi connectivity index (χ1) is 4.63. The van der Waals surface area contributed by atoms with Crippen molar-refractivity contribution in [1.82, 2.24) is 9.71 Å². The summed E-state index contributed by atoms with van der Waals surface area (Å²) in [6.07, 6.45) is -0.194. The van der Waals surface area contributed by atoms with Crippen molar-refractivity contribution < 1.29 is 4.79 Å². The highest BCUT2D eigenvalue weighted by molar-refractivity contribution is 6.07. The van der Waals surface area contributed by atoms with Gasteiger partial charge in [0.15, 0.2) is 13.8 Å². The van der Waals surface area contributed by atoms with E-state index >= 15 is 0 Å². The number of likely N-dealkylation sites (N-methyl/N-ethyl adjacent to an activating group) is 1. The maximum Gasteiger partial charge on any atom is 0.185 e. The lowest BCUT2D eigenvalue weighted by molar-refractivity contribution is -0.123. The Morgan fingerprint density at radius 2 is 2.20 bits per heavy atom. The second-order valence-corrected chi connectivity index (χ2v) is 2.70. The summed E-state index contributed by atoms with van der Waals surface area (Å²) in [5.74, 6) is 0.113. The van der Waals surface area contributed by atoms with Crippen LogP contribution in [0.2, 0.25) is 0 Å². The lowest BCUT2D eigenvalue weighted by atomic mass is 10.2. The first-order valence-corrected chi connectivity index (χ1v) is 3.35. The van der Waals surface area contributed by atoms with Gasteiger partial charge in [0.1, 0.15) is 6.17 Å². The van der Waals surface area contributed by atoms with Gasteiger partial charge in [0.2, 0.25) is 0 Å². The van der Waals surface area contributed by atoms with Crippen LogP contribution in [0.4, 0.5) is 0 Å². The molecule has 1 saturated heterocycles. The van der Waals surface area contributed by atoms with Crippen LogP contribution in [0.1, 0.15) is 6.92 Å². The highest BCUT2D eigenvalue weighted by atomic mass is 16.1. The van der Waals surface area contributed by atoms with Gasteiger partial charge in [0.25, 0.3) is 0 Å². The molecule has 2 radical (unpaired) electrons. The fourth-order valence-corrected chi connectivity index (χ4v) is 1.31. The number of rotatable bonds is 1. The van der Waals surface area contributed by atoms with Crippen LogP contribution in [0.25, 0.3) is 0 Å². The van der Waals surface area contributed by atoms with Crippen molar-refractivity contribution in [3.05, 3.63) is 0 Å². The predicted octanol–water partition coefficient (Wildman–Crippen LogP) is -0.768. The summed E-state index contributed by atoms with van der Waals surface area (Å²) in [5.41, 5.74) is 0. The van der Waals surface area contributed by atoms with Gasteiger partial charge in [-0.25, -0.2) is 0 Å². The zero-order valence-corrected chi connectivity index (χ0v) is 6.37. The van der Waals surface area contributed by atoms with Crippen molar-refractivity contribution in [1.29, 1.82) is 0 Å². The topological polar surface area (TPSA) is 23.6 Å². The molecule has 0 amide bonds. The molecule has 0 saturated carbocycles. The molecule has 1 rings (SSSR count). The summed E-state index contributed by atoms with van der Waals surface area (Å²) in [7, 11) is 7.44. The Morgan fingerprint density at radius 1 is 1.60 bits per heavy atom. The van der Waals surface area contributed by atoms with E-state index in [0.717, 1.165) is 13.1 Å². The molecule has 54 valence electrons. The van der Waals surface area contributed by atoms with Crippen LogP contribution < -0.4 is 0 Å². The molecular formula is C6H11BN2O. The van der Waals surface area contributed by atoms with E-state index < -0.39 is 0 Å². The zero-order chi connectivity index (χ0) is 7.72. The van der Waals surface area contributed by atoms with E-state index in [1.165, 1.54) is 0 Å². The number of ketones is 1. The van der Waals surface area contributed by atoms with Crippen LogP contribution >= 0.6 is 0 Å². The molecule has 0 aromatic heterocycles. The normalized spacial score (nSPS) is 29.2. The van der Waals surface area contributed by atoms with Gasteiger partial charge in [-0.1, -0.05) is 0 Å². The lowest BCUT2D eigenvalue weighted by Gasteiger charge is -2.21. The van der Waals surface area contributed by atoms with Gasteiger partial charge in [-0.05, 0) is 14.0 Å². The third-order valence-corrected chi connectivity index (χ3v) is 1.81. The average molecular weight is 138 g/mol. The van der Waals surface area contributed by atoms with Crippen molar-refractivity contribution in [2.75, 3.05) is 20.1 Å². The van der Waals surface area contributed by atoms with Crippen LogP contribution in [-0.2, 0) is 4.79 Å². The Balaban J connectivity index is 2.63. The number of Topliss-reactive ketones (excluding diaryl/α,β-unsaturated/α-hetero) is 1. The van der Waals surface area contributed by atoms with E-state index in [2.05, 4.69) is 0 Å². The molecule has 3 nitrogen and oxygen atoms in total. The summed E-state index contributed by atoms with van der Waals surface area (Å²) in [6, 6.07) is 0. The molecular weight excluding hydrogens is 127 g/mol. The maximum absolute atomic E-state index is 10.9. The zero-order valence-electron chi connectivity index (χ0n) is 6.37. The van der Waals surface area contributed by atoms with E-state index in [-0.39, 0.29) is 11.9 Å². The van der Waals surface area contributed by atoms with Gasteiger partial charge in [-0.3, -0.25) is 9.69 Å². The fourth-order valence-electron chi connectivity index (χ4n) is 1.31. The second-order valence-electron chi connectivity index (χ2n) is 2.70. The Hall–Kier alpha value is -0.345. The Labute approximate surface area is 62.4 Å². The highest BCUT2D eigenvalue weighted by Crippen LogP contribution is 2.09. The molecule has 0 spiro atoms. The van der Waals surface area contributed by atoms with Gasteiger partial charge < -0.3 is 4.81 Å². The van der Waals surface area contributed by atoms with Crippen LogP contribution in [0.3, 0.4) is 0 Å². The summed E-state index contributed by atoms with van der Waals surface area (Å²) < 4.78 is 0. The van der Waals surface area contributed by atoms with E-state index in [1.54, 1.807) is 11.7 Å². The average Bonchev–Trinajstić information content (AvgIpc) is 2.11. The minimum Gasteiger partial charge on any atom is -0.332 e. The molecule has 10 heavy (non-hydrogen) atoms. The minimum absolute atomic E-state index is 0.113. The van der Waals surface area contributed by atoms with Crippen LogP contribution in [-0.4, -0.2) is 49.8 Å². The third-order valence-electron chi connectivity index (χ3n) is 1.81. The molecule has 0 N–H and O–H groups in total. The molecule has 1 unspecified atom stereocenters. The van der Waals surface area contributed by atoms with E-state index in [1.807, 2.05) is 11.9 Å². The molecule has 1 aliphatic rings. The predicted molar refractivity (Wildman–Crippen MR) is 39.6 cm³/mol. The molecule has 4 heteroatoms. The van der Waals surface area contributed by atoms with Crippen molar-refractivity contribution in [2.24, 2.45) is 0 Å². The van der Waals surface area contributed by atoms with E-state index in [4.69, 9.17) is 7.98 Å². The van der Waals surface area contributed by atoms with Gasteiger partial charge in [0.05, 0.1) is 0 Å². The number of hydrogen-bond acceptors (Lipinski definition) is 3. The van der Waals surface area contributed by atoms with Crippen molar-refractivity contribution in [3.63, 3.8) is 0 Å². The monoisotopic (exact) mass is 138 g/mol. The number of nitrogens with zero attached hydrogens (tertiary/aromatic N) is 2. The summed E-state index contributed by atoms with van der Waals surface area (Å²) in [6.45, 7) is 3.22. The highest BCUT2D eigenvalue weighted by Gasteiger charge is 2.28. The molecule has 0 bridgehead atoms. The van der Waals surface area contributed by atoms with Crippen molar-refractivity contribution in [2.45, 2.75) is 13.1 Å². The van der Waals surface area contributed by atoms with E-state index in [0.29, 0.717) is 0 Å². The van der Waals surface area contributed by atoms with Crippen LogP contribution in [0.15, 0.2) is 0 Å². The van der Waals surface area contributed by atoms with Gasteiger partial charge in [0, 0.05) is 13.1 Å². The number of carbonyl (C=O) groups is 1. The summed E-state index contributed by atoms with van der Waals surface area (Å²) >= 11 is 0. The Bertz CT molecular complexity index is 141. The van der Waals surface area contributed by atoms with Crippen LogP contribution in [0, 0.1) is 0 Å². The second kappa shape index (κ2) is 2.72. The number of carbonyl (C=O) groups excluding carboxylic acids is 1. The third kappa shape index (κ3) is 1.22. The standard InChI is InChI=1S/C6H11BN2O/c1-5(10)6-8(2)3-4-9(6)7/h6H,3-4H2,1-2H3.